The van der Waals surface area contributed by atoms with Gasteiger partial charge in [-0.05, 0) is 12.8 Å². The summed E-state index contributed by atoms with van der Waals surface area (Å²) in [4.78, 5) is 23.5. The number of aromatic nitrogens is 3. The molecule has 1 saturated carbocycles. The average molecular weight is 264 g/mol. The standard InChI is InChI=1S/C13H14ClN3O/c14-12-10-9(6-15-13(10)17-7-16-12)11(18)8-4-2-1-3-5-8/h6-8H,1-5H2,(H,15,16,17). The van der Waals surface area contributed by atoms with Crippen LogP contribution in [0, 0.1) is 5.92 Å². The summed E-state index contributed by atoms with van der Waals surface area (Å²) in [5, 5.41) is 1.01. The van der Waals surface area contributed by atoms with Crippen LogP contribution in [-0.4, -0.2) is 20.7 Å². The molecule has 3 rings (SSSR count). The summed E-state index contributed by atoms with van der Waals surface area (Å²) in [6.45, 7) is 0. The van der Waals surface area contributed by atoms with E-state index in [9.17, 15) is 4.79 Å². The van der Waals surface area contributed by atoms with Crippen molar-refractivity contribution in [2.24, 2.45) is 5.92 Å². The van der Waals surface area contributed by atoms with Crippen LogP contribution in [0.5, 0.6) is 0 Å². The summed E-state index contributed by atoms with van der Waals surface area (Å²) in [6, 6.07) is 0. The molecule has 0 aromatic carbocycles. The Bertz CT molecular complexity index is 587. The number of rotatable bonds is 2. The van der Waals surface area contributed by atoms with Crippen LogP contribution in [0.4, 0.5) is 0 Å². The molecule has 0 aliphatic heterocycles. The Morgan fingerprint density at radius 2 is 2.06 bits per heavy atom. The number of carbonyl (C=O) groups is 1. The fourth-order valence-electron chi connectivity index (χ4n) is 2.70. The van der Waals surface area contributed by atoms with Gasteiger partial charge in [-0.1, -0.05) is 30.9 Å². The maximum atomic E-state index is 12.5. The normalized spacial score (nSPS) is 17.2. The van der Waals surface area contributed by atoms with E-state index in [1.807, 2.05) is 0 Å². The third-order valence-electron chi connectivity index (χ3n) is 3.66. The first-order valence-corrected chi connectivity index (χ1v) is 6.67. The van der Waals surface area contributed by atoms with E-state index >= 15 is 0 Å². The molecule has 0 unspecified atom stereocenters. The van der Waals surface area contributed by atoms with Gasteiger partial charge in [0.25, 0.3) is 0 Å². The number of halogens is 1. The summed E-state index contributed by atoms with van der Waals surface area (Å²) in [5.41, 5.74) is 1.27. The van der Waals surface area contributed by atoms with Gasteiger partial charge in [-0.25, -0.2) is 9.97 Å². The number of aromatic amines is 1. The predicted octanol–water partition coefficient (Wildman–Crippen LogP) is 3.37. The molecule has 1 fully saturated rings. The van der Waals surface area contributed by atoms with E-state index in [-0.39, 0.29) is 11.7 Å². The lowest BCUT2D eigenvalue weighted by molar-refractivity contribution is 0.0891. The summed E-state index contributed by atoms with van der Waals surface area (Å²) in [7, 11) is 0. The van der Waals surface area contributed by atoms with Crippen LogP contribution in [-0.2, 0) is 0 Å². The summed E-state index contributed by atoms with van der Waals surface area (Å²) >= 11 is 6.06. The SMILES string of the molecule is O=C(c1c[nH]c2ncnc(Cl)c12)C1CCCCC1. The Morgan fingerprint density at radius 1 is 1.28 bits per heavy atom. The predicted molar refractivity (Wildman–Crippen MR) is 69.8 cm³/mol. The van der Waals surface area contributed by atoms with E-state index in [1.165, 1.54) is 12.7 Å². The van der Waals surface area contributed by atoms with Crippen molar-refractivity contribution in [2.75, 3.05) is 0 Å². The Labute approximate surface area is 110 Å². The number of nitrogens with one attached hydrogen (secondary N) is 1. The molecule has 94 valence electrons. The summed E-state index contributed by atoms with van der Waals surface area (Å²) in [5.74, 6) is 0.312. The van der Waals surface area contributed by atoms with E-state index in [2.05, 4.69) is 15.0 Å². The maximum Gasteiger partial charge on any atom is 0.168 e. The van der Waals surface area contributed by atoms with E-state index in [1.54, 1.807) is 6.20 Å². The molecule has 0 bridgehead atoms. The van der Waals surface area contributed by atoms with Gasteiger partial charge in [0.1, 0.15) is 17.1 Å². The molecule has 2 aromatic heterocycles. The van der Waals surface area contributed by atoms with Crippen molar-refractivity contribution < 1.29 is 4.79 Å². The van der Waals surface area contributed by atoms with Crippen LogP contribution in [0.15, 0.2) is 12.5 Å². The first kappa shape index (κ1) is 11.7. The van der Waals surface area contributed by atoms with Gasteiger partial charge in [-0.15, -0.1) is 0 Å². The lowest BCUT2D eigenvalue weighted by Gasteiger charge is -2.19. The lowest BCUT2D eigenvalue weighted by Crippen LogP contribution is -2.17. The molecule has 0 amide bonds. The molecule has 18 heavy (non-hydrogen) atoms. The van der Waals surface area contributed by atoms with Gasteiger partial charge in [0.15, 0.2) is 5.78 Å². The van der Waals surface area contributed by atoms with E-state index in [0.717, 1.165) is 25.7 Å². The van der Waals surface area contributed by atoms with Crippen LogP contribution in [0.1, 0.15) is 42.5 Å². The third kappa shape index (κ3) is 1.90. The minimum Gasteiger partial charge on any atom is -0.345 e. The Hall–Kier alpha value is -1.42. The van der Waals surface area contributed by atoms with Gasteiger partial charge in [-0.3, -0.25) is 4.79 Å². The quantitative estimate of drug-likeness (QED) is 0.667. The van der Waals surface area contributed by atoms with E-state index in [4.69, 9.17) is 11.6 Å². The van der Waals surface area contributed by atoms with Crippen molar-refractivity contribution in [3.8, 4) is 0 Å². The minimum atomic E-state index is 0.133. The Morgan fingerprint density at radius 3 is 2.83 bits per heavy atom. The fourth-order valence-corrected chi connectivity index (χ4v) is 2.94. The molecule has 1 aliphatic carbocycles. The molecular weight excluding hydrogens is 250 g/mol. The number of ketones is 1. The smallest absolute Gasteiger partial charge is 0.168 e. The first-order chi connectivity index (χ1) is 8.77. The summed E-state index contributed by atoms with van der Waals surface area (Å²) in [6.07, 6.45) is 8.60. The molecule has 1 aliphatic rings. The number of H-pyrrole nitrogens is 1. The highest BCUT2D eigenvalue weighted by atomic mass is 35.5. The number of Topliss-reactive ketones (excluding diaryl/α,β-unsaturated/α-hetero) is 1. The second-order valence-corrected chi connectivity index (χ2v) is 5.15. The van der Waals surface area contributed by atoms with Crippen molar-refractivity contribution in [2.45, 2.75) is 32.1 Å². The van der Waals surface area contributed by atoms with Crippen LogP contribution in [0.2, 0.25) is 5.15 Å². The van der Waals surface area contributed by atoms with Crippen molar-refractivity contribution in [1.29, 1.82) is 0 Å². The molecule has 4 nitrogen and oxygen atoms in total. The van der Waals surface area contributed by atoms with Crippen LogP contribution in [0.25, 0.3) is 11.0 Å². The van der Waals surface area contributed by atoms with Gasteiger partial charge in [-0.2, -0.15) is 0 Å². The van der Waals surface area contributed by atoms with Crippen molar-refractivity contribution in [3.05, 3.63) is 23.2 Å². The zero-order valence-electron chi connectivity index (χ0n) is 9.95. The van der Waals surface area contributed by atoms with E-state index in [0.29, 0.717) is 21.7 Å². The molecule has 0 atom stereocenters. The van der Waals surface area contributed by atoms with Crippen molar-refractivity contribution >= 4 is 28.4 Å². The van der Waals surface area contributed by atoms with Gasteiger partial charge in [0, 0.05) is 17.7 Å². The topological polar surface area (TPSA) is 58.6 Å². The number of hydrogen-bond donors (Lipinski definition) is 1. The lowest BCUT2D eigenvalue weighted by atomic mass is 9.84. The zero-order chi connectivity index (χ0) is 12.5. The molecule has 0 spiro atoms. The fraction of sp³-hybridized carbons (Fsp3) is 0.462. The van der Waals surface area contributed by atoms with Crippen molar-refractivity contribution in [1.82, 2.24) is 15.0 Å². The summed E-state index contributed by atoms with van der Waals surface area (Å²) < 4.78 is 0. The molecular formula is C13H14ClN3O. The van der Waals surface area contributed by atoms with E-state index < -0.39 is 0 Å². The Balaban J connectivity index is 2.01. The first-order valence-electron chi connectivity index (χ1n) is 6.29. The van der Waals surface area contributed by atoms with Gasteiger partial charge >= 0.3 is 0 Å². The molecule has 5 heteroatoms. The van der Waals surface area contributed by atoms with Gasteiger partial charge < -0.3 is 4.98 Å². The molecule has 0 radical (unpaired) electrons. The maximum absolute atomic E-state index is 12.5. The minimum absolute atomic E-state index is 0.133. The molecule has 2 heterocycles. The largest absolute Gasteiger partial charge is 0.345 e. The molecule has 1 N–H and O–H groups in total. The number of hydrogen-bond acceptors (Lipinski definition) is 3. The highest BCUT2D eigenvalue weighted by Crippen LogP contribution is 2.31. The highest BCUT2D eigenvalue weighted by Gasteiger charge is 2.25. The number of fused-ring (bicyclic) bond motifs is 1. The number of nitrogens with zero attached hydrogens (tertiary/aromatic N) is 2. The second kappa shape index (κ2) is 4.69. The molecule has 0 saturated heterocycles. The highest BCUT2D eigenvalue weighted by molar-refractivity contribution is 6.35. The van der Waals surface area contributed by atoms with Crippen LogP contribution < -0.4 is 0 Å². The van der Waals surface area contributed by atoms with Gasteiger partial charge in [0.2, 0.25) is 0 Å². The zero-order valence-corrected chi connectivity index (χ0v) is 10.7. The Kier molecular flexibility index (Phi) is 3.04. The van der Waals surface area contributed by atoms with Crippen LogP contribution in [0.3, 0.4) is 0 Å². The second-order valence-electron chi connectivity index (χ2n) is 4.79. The number of carbonyl (C=O) groups excluding carboxylic acids is 1. The third-order valence-corrected chi connectivity index (χ3v) is 3.95. The van der Waals surface area contributed by atoms with Crippen LogP contribution >= 0.6 is 11.6 Å². The molecule has 2 aromatic rings. The average Bonchev–Trinajstić information content (AvgIpc) is 2.84. The van der Waals surface area contributed by atoms with Crippen molar-refractivity contribution in [3.63, 3.8) is 0 Å². The monoisotopic (exact) mass is 263 g/mol. The van der Waals surface area contributed by atoms with Gasteiger partial charge in [0.05, 0.1) is 5.39 Å².